The molecule has 0 atom stereocenters. The third-order valence-corrected chi connectivity index (χ3v) is 4.20. The molecule has 0 saturated heterocycles. The van der Waals surface area contributed by atoms with Crippen molar-refractivity contribution in [3.05, 3.63) is 65.1 Å². The van der Waals surface area contributed by atoms with Crippen molar-refractivity contribution in [2.75, 3.05) is 11.9 Å². The number of carbonyl (C=O) groups is 2. The summed E-state index contributed by atoms with van der Waals surface area (Å²) in [6.45, 7) is 2.29. The van der Waals surface area contributed by atoms with E-state index in [-0.39, 0.29) is 25.3 Å². The van der Waals surface area contributed by atoms with Crippen LogP contribution in [0.2, 0.25) is 0 Å². The molecule has 1 aromatic heterocycles. The van der Waals surface area contributed by atoms with Gasteiger partial charge in [0.2, 0.25) is 0 Å². The number of hydrogen-bond donors (Lipinski definition) is 1. The zero-order chi connectivity index (χ0) is 19.2. The van der Waals surface area contributed by atoms with Crippen molar-refractivity contribution in [3.8, 4) is 0 Å². The van der Waals surface area contributed by atoms with Crippen molar-refractivity contribution in [2.24, 2.45) is 0 Å². The van der Waals surface area contributed by atoms with Gasteiger partial charge in [-0.15, -0.1) is 0 Å². The fourth-order valence-electron chi connectivity index (χ4n) is 2.93. The molecule has 1 amide bonds. The van der Waals surface area contributed by atoms with Gasteiger partial charge >= 0.3 is 11.7 Å². The Hall–Kier alpha value is -3.35. The minimum absolute atomic E-state index is 0.0102. The van der Waals surface area contributed by atoms with E-state index in [2.05, 4.69) is 5.32 Å². The average molecular weight is 367 g/mol. The highest BCUT2D eigenvalue weighted by Gasteiger charge is 2.14. The summed E-state index contributed by atoms with van der Waals surface area (Å²) in [4.78, 5) is 36.3. The standard InChI is InChI=1S/C20H21N3O4/c1-2-22-16-10-6-7-11-17(16)23(20(22)26)13-12-19(25)27-14-18(24)21-15-8-4-3-5-9-15/h3-11H,2,12-14H2,1H3,(H,21,24). The van der Waals surface area contributed by atoms with Crippen LogP contribution < -0.4 is 11.0 Å². The molecule has 1 heterocycles. The molecular formula is C20H21N3O4. The number of aryl methyl sites for hydroxylation is 2. The number of fused-ring (bicyclic) bond motifs is 1. The van der Waals surface area contributed by atoms with Gasteiger partial charge in [0.1, 0.15) is 0 Å². The molecule has 2 aromatic carbocycles. The maximum absolute atomic E-state index is 12.5. The molecule has 27 heavy (non-hydrogen) atoms. The van der Waals surface area contributed by atoms with Gasteiger partial charge in [0.05, 0.1) is 17.5 Å². The molecule has 7 nitrogen and oxygen atoms in total. The van der Waals surface area contributed by atoms with Crippen LogP contribution in [0.15, 0.2) is 59.4 Å². The first-order valence-electron chi connectivity index (χ1n) is 8.78. The maximum atomic E-state index is 12.5. The summed E-state index contributed by atoms with van der Waals surface area (Å²) in [5.74, 6) is -0.937. The molecule has 3 rings (SSSR count). The third kappa shape index (κ3) is 4.25. The molecule has 3 aromatic rings. The van der Waals surface area contributed by atoms with E-state index in [0.29, 0.717) is 12.2 Å². The summed E-state index contributed by atoms with van der Waals surface area (Å²) >= 11 is 0. The summed E-state index contributed by atoms with van der Waals surface area (Å²) in [5.41, 5.74) is 2.09. The second-order valence-corrected chi connectivity index (χ2v) is 5.99. The second-order valence-electron chi connectivity index (χ2n) is 5.99. The number of rotatable bonds is 7. The molecule has 0 aliphatic rings. The predicted octanol–water partition coefficient (Wildman–Crippen LogP) is 2.39. The van der Waals surface area contributed by atoms with Crippen molar-refractivity contribution in [2.45, 2.75) is 26.4 Å². The number of para-hydroxylation sites is 3. The first kappa shape index (κ1) is 18.4. The average Bonchev–Trinajstić information content (AvgIpc) is 2.96. The number of esters is 1. The number of amides is 1. The molecule has 1 N–H and O–H groups in total. The Morgan fingerprint density at radius 1 is 0.963 bits per heavy atom. The van der Waals surface area contributed by atoms with E-state index in [1.807, 2.05) is 37.3 Å². The van der Waals surface area contributed by atoms with Crippen LogP contribution in [0, 0.1) is 0 Å². The number of aromatic nitrogens is 2. The number of hydrogen-bond acceptors (Lipinski definition) is 4. The van der Waals surface area contributed by atoms with Crippen LogP contribution in [0.4, 0.5) is 5.69 Å². The second kappa shape index (κ2) is 8.35. The normalized spacial score (nSPS) is 10.7. The molecular weight excluding hydrogens is 346 g/mol. The fraction of sp³-hybridized carbons (Fsp3) is 0.250. The van der Waals surface area contributed by atoms with Crippen LogP contribution in [-0.4, -0.2) is 27.6 Å². The number of carbonyl (C=O) groups excluding carboxylic acids is 2. The van der Waals surface area contributed by atoms with Crippen LogP contribution in [-0.2, 0) is 27.4 Å². The summed E-state index contributed by atoms with van der Waals surface area (Å²) in [6.07, 6.45) is 0.0102. The van der Waals surface area contributed by atoms with Gasteiger partial charge in [-0.25, -0.2) is 4.79 Å². The lowest BCUT2D eigenvalue weighted by atomic mass is 10.3. The summed E-state index contributed by atoms with van der Waals surface area (Å²) in [5, 5.41) is 2.64. The number of benzene rings is 2. The minimum Gasteiger partial charge on any atom is -0.456 e. The van der Waals surface area contributed by atoms with Crippen molar-refractivity contribution in [1.29, 1.82) is 0 Å². The topological polar surface area (TPSA) is 82.3 Å². The number of imidazole rings is 1. The maximum Gasteiger partial charge on any atom is 0.329 e. The van der Waals surface area contributed by atoms with E-state index in [1.54, 1.807) is 33.4 Å². The Balaban J connectivity index is 1.57. The lowest BCUT2D eigenvalue weighted by Crippen LogP contribution is -2.26. The van der Waals surface area contributed by atoms with Gasteiger partial charge in [-0.1, -0.05) is 30.3 Å². The Kier molecular flexibility index (Phi) is 5.71. The van der Waals surface area contributed by atoms with Gasteiger partial charge in [0, 0.05) is 18.8 Å². The zero-order valence-corrected chi connectivity index (χ0v) is 15.1. The summed E-state index contributed by atoms with van der Waals surface area (Å²) in [7, 11) is 0. The van der Waals surface area contributed by atoms with E-state index in [9.17, 15) is 14.4 Å². The van der Waals surface area contributed by atoms with Crippen molar-refractivity contribution in [3.63, 3.8) is 0 Å². The molecule has 7 heteroatoms. The van der Waals surface area contributed by atoms with Gasteiger partial charge in [-0.3, -0.25) is 18.7 Å². The lowest BCUT2D eigenvalue weighted by Gasteiger charge is -2.07. The van der Waals surface area contributed by atoms with Crippen LogP contribution >= 0.6 is 0 Å². The third-order valence-electron chi connectivity index (χ3n) is 4.20. The van der Waals surface area contributed by atoms with Gasteiger partial charge < -0.3 is 10.1 Å². The molecule has 0 radical (unpaired) electrons. The van der Waals surface area contributed by atoms with Crippen molar-refractivity contribution >= 4 is 28.6 Å². The van der Waals surface area contributed by atoms with Gasteiger partial charge in [-0.2, -0.15) is 0 Å². The summed E-state index contributed by atoms with van der Waals surface area (Å²) < 4.78 is 8.23. The predicted molar refractivity (Wildman–Crippen MR) is 103 cm³/mol. The number of ether oxygens (including phenoxy) is 1. The molecule has 0 aliphatic heterocycles. The Bertz CT molecular complexity index is 1000. The van der Waals surface area contributed by atoms with Crippen LogP contribution in [0.1, 0.15) is 13.3 Å². The monoisotopic (exact) mass is 367 g/mol. The van der Waals surface area contributed by atoms with E-state index in [1.165, 1.54) is 0 Å². The Morgan fingerprint density at radius 3 is 2.26 bits per heavy atom. The smallest absolute Gasteiger partial charge is 0.329 e. The number of nitrogens with zero attached hydrogens (tertiary/aromatic N) is 2. The molecule has 0 unspecified atom stereocenters. The van der Waals surface area contributed by atoms with Crippen molar-refractivity contribution in [1.82, 2.24) is 9.13 Å². The number of nitrogens with one attached hydrogen (secondary N) is 1. The molecule has 0 spiro atoms. The Labute approximate surface area is 156 Å². The Morgan fingerprint density at radius 2 is 1.59 bits per heavy atom. The zero-order valence-electron chi connectivity index (χ0n) is 15.1. The van der Waals surface area contributed by atoms with E-state index in [4.69, 9.17) is 4.74 Å². The largest absolute Gasteiger partial charge is 0.456 e. The first-order valence-corrected chi connectivity index (χ1v) is 8.78. The fourth-order valence-corrected chi connectivity index (χ4v) is 2.93. The molecule has 140 valence electrons. The van der Waals surface area contributed by atoms with Gasteiger partial charge in [-0.05, 0) is 31.2 Å². The highest BCUT2D eigenvalue weighted by molar-refractivity contribution is 5.92. The van der Waals surface area contributed by atoms with Crippen LogP contribution in [0.3, 0.4) is 0 Å². The first-order chi connectivity index (χ1) is 13.1. The molecule has 0 saturated carbocycles. The molecule has 0 bridgehead atoms. The lowest BCUT2D eigenvalue weighted by molar-refractivity contribution is -0.147. The van der Waals surface area contributed by atoms with Crippen LogP contribution in [0.5, 0.6) is 0 Å². The van der Waals surface area contributed by atoms with Gasteiger partial charge in [0.15, 0.2) is 6.61 Å². The molecule has 0 fully saturated rings. The number of anilines is 1. The highest BCUT2D eigenvalue weighted by atomic mass is 16.5. The quantitative estimate of drug-likeness (QED) is 0.650. The van der Waals surface area contributed by atoms with E-state index in [0.717, 1.165) is 11.0 Å². The van der Waals surface area contributed by atoms with E-state index >= 15 is 0 Å². The minimum atomic E-state index is -0.529. The van der Waals surface area contributed by atoms with Gasteiger partial charge in [0.25, 0.3) is 5.91 Å². The van der Waals surface area contributed by atoms with Crippen molar-refractivity contribution < 1.29 is 14.3 Å². The summed E-state index contributed by atoms with van der Waals surface area (Å²) in [6, 6.07) is 16.4. The van der Waals surface area contributed by atoms with E-state index < -0.39 is 11.9 Å². The SMILES string of the molecule is CCn1c(=O)n(CCC(=O)OCC(=O)Nc2ccccc2)c2ccccc21. The highest BCUT2D eigenvalue weighted by Crippen LogP contribution is 2.13. The van der Waals surface area contributed by atoms with Crippen LogP contribution in [0.25, 0.3) is 11.0 Å². The molecule has 0 aliphatic carbocycles.